The third-order valence-corrected chi connectivity index (χ3v) is 4.34. The van der Waals surface area contributed by atoms with Crippen LogP contribution in [0.25, 0.3) is 0 Å². The summed E-state index contributed by atoms with van der Waals surface area (Å²) < 4.78 is 1.86. The molecule has 118 valence electrons. The van der Waals surface area contributed by atoms with Crippen LogP contribution in [0.15, 0.2) is 6.20 Å². The Labute approximate surface area is 126 Å². The van der Waals surface area contributed by atoms with E-state index in [-0.39, 0.29) is 5.91 Å². The van der Waals surface area contributed by atoms with Crippen LogP contribution in [0.3, 0.4) is 0 Å². The second-order valence-electron chi connectivity index (χ2n) is 5.85. The third-order valence-electron chi connectivity index (χ3n) is 4.34. The molecular weight excluding hydrogens is 266 g/mol. The molecule has 1 saturated heterocycles. The van der Waals surface area contributed by atoms with Gasteiger partial charge in [0.25, 0.3) is 5.91 Å². The van der Waals surface area contributed by atoms with Gasteiger partial charge in [-0.05, 0) is 46.3 Å². The fourth-order valence-electron chi connectivity index (χ4n) is 2.84. The first-order valence-corrected chi connectivity index (χ1v) is 7.84. The highest BCUT2D eigenvalue weighted by atomic mass is 16.1. The lowest BCUT2D eigenvalue weighted by Gasteiger charge is -2.32. The minimum atomic E-state index is -0.0227. The molecule has 1 atom stereocenters. The predicted molar refractivity (Wildman–Crippen MR) is 83.2 cm³/mol. The van der Waals surface area contributed by atoms with Crippen molar-refractivity contribution in [2.45, 2.75) is 45.2 Å². The molecule has 1 unspecified atom stereocenters. The molecule has 1 aromatic rings. The predicted octanol–water partition coefficient (Wildman–Crippen LogP) is 0.754. The van der Waals surface area contributed by atoms with Crippen LogP contribution >= 0.6 is 0 Å². The lowest BCUT2D eigenvalue weighted by Crippen LogP contribution is -2.44. The van der Waals surface area contributed by atoms with Gasteiger partial charge < -0.3 is 16.0 Å². The van der Waals surface area contributed by atoms with E-state index in [1.165, 1.54) is 12.8 Å². The summed E-state index contributed by atoms with van der Waals surface area (Å²) in [6, 6.07) is 0.454. The van der Waals surface area contributed by atoms with E-state index in [9.17, 15) is 4.79 Å². The maximum Gasteiger partial charge on any atom is 0.254 e. The van der Waals surface area contributed by atoms with Crippen molar-refractivity contribution in [1.82, 2.24) is 20.0 Å². The average Bonchev–Trinajstić information content (AvgIpc) is 2.85. The van der Waals surface area contributed by atoms with Gasteiger partial charge in [-0.2, -0.15) is 5.10 Å². The lowest BCUT2D eigenvalue weighted by atomic mass is 10.0. The Balaban J connectivity index is 1.89. The number of hydrogen-bond donors (Lipinski definition) is 2. The van der Waals surface area contributed by atoms with Gasteiger partial charge in [0.2, 0.25) is 0 Å². The van der Waals surface area contributed by atoms with Gasteiger partial charge in [0, 0.05) is 24.8 Å². The highest BCUT2D eigenvalue weighted by molar-refractivity contribution is 5.95. The van der Waals surface area contributed by atoms with Crippen LogP contribution in [0.5, 0.6) is 0 Å². The van der Waals surface area contributed by atoms with Gasteiger partial charge in [-0.1, -0.05) is 6.42 Å². The first-order chi connectivity index (χ1) is 10.1. The van der Waals surface area contributed by atoms with Crippen LogP contribution in [0.2, 0.25) is 0 Å². The molecule has 21 heavy (non-hydrogen) atoms. The van der Waals surface area contributed by atoms with Crippen molar-refractivity contribution < 1.29 is 4.79 Å². The second-order valence-corrected chi connectivity index (χ2v) is 5.85. The number of rotatable bonds is 6. The van der Waals surface area contributed by atoms with Gasteiger partial charge in [-0.15, -0.1) is 0 Å². The second kappa shape index (κ2) is 7.56. The number of piperidine rings is 1. The Hall–Kier alpha value is -1.40. The third kappa shape index (κ3) is 4.04. The molecule has 0 radical (unpaired) electrons. The minimum absolute atomic E-state index is 0.0227. The Morgan fingerprint density at radius 1 is 1.52 bits per heavy atom. The van der Waals surface area contributed by atoms with Gasteiger partial charge in [-0.3, -0.25) is 9.48 Å². The summed E-state index contributed by atoms with van der Waals surface area (Å²) in [5, 5.41) is 7.32. The van der Waals surface area contributed by atoms with E-state index in [0.717, 1.165) is 31.6 Å². The average molecular weight is 293 g/mol. The fraction of sp³-hybridized carbons (Fsp3) is 0.733. The van der Waals surface area contributed by atoms with Crippen LogP contribution in [0.4, 0.5) is 0 Å². The highest BCUT2D eigenvalue weighted by Crippen LogP contribution is 2.14. The number of carbonyl (C=O) groups is 1. The van der Waals surface area contributed by atoms with Crippen molar-refractivity contribution in [3.63, 3.8) is 0 Å². The van der Waals surface area contributed by atoms with Gasteiger partial charge in [0.05, 0.1) is 11.8 Å². The molecule has 2 heterocycles. The van der Waals surface area contributed by atoms with Crippen molar-refractivity contribution in [2.75, 3.05) is 26.7 Å². The molecule has 1 aliphatic heterocycles. The number of nitrogens with one attached hydrogen (secondary N) is 1. The maximum absolute atomic E-state index is 12.3. The van der Waals surface area contributed by atoms with Gasteiger partial charge in [-0.25, -0.2) is 0 Å². The van der Waals surface area contributed by atoms with Gasteiger partial charge in [0.1, 0.15) is 0 Å². The number of aromatic nitrogens is 2. The largest absolute Gasteiger partial charge is 0.350 e. The lowest BCUT2D eigenvalue weighted by molar-refractivity contribution is 0.0928. The summed E-state index contributed by atoms with van der Waals surface area (Å²) in [5.74, 6) is -0.0227. The molecule has 0 aliphatic carbocycles. The zero-order valence-electron chi connectivity index (χ0n) is 13.1. The monoisotopic (exact) mass is 293 g/mol. The zero-order chi connectivity index (χ0) is 15.2. The molecule has 6 nitrogen and oxygen atoms in total. The van der Waals surface area contributed by atoms with Crippen LogP contribution in [-0.2, 0) is 6.54 Å². The number of likely N-dealkylation sites (N-methyl/N-ethyl adjacent to an activating group) is 1. The Kier molecular flexibility index (Phi) is 5.76. The standard InChI is InChI=1S/C15H27N5O/c1-12-14(11-18-20(12)9-5-7-16)15(21)17-10-13-6-3-4-8-19(13)2/h11,13H,3-10,16H2,1-2H3,(H,17,21). The number of carbonyl (C=O) groups excluding carboxylic acids is 1. The molecule has 1 fully saturated rings. The summed E-state index contributed by atoms with van der Waals surface area (Å²) in [6.07, 6.45) is 6.20. The first-order valence-electron chi connectivity index (χ1n) is 7.84. The maximum atomic E-state index is 12.3. The van der Waals surface area contributed by atoms with E-state index < -0.39 is 0 Å². The molecule has 0 bridgehead atoms. The van der Waals surface area contributed by atoms with E-state index in [0.29, 0.717) is 24.7 Å². The summed E-state index contributed by atoms with van der Waals surface area (Å²) in [4.78, 5) is 14.6. The number of likely N-dealkylation sites (tertiary alicyclic amines) is 1. The molecule has 0 spiro atoms. The number of amides is 1. The quantitative estimate of drug-likeness (QED) is 0.811. The van der Waals surface area contributed by atoms with Gasteiger partial charge >= 0.3 is 0 Å². The van der Waals surface area contributed by atoms with Crippen molar-refractivity contribution in [3.8, 4) is 0 Å². The van der Waals surface area contributed by atoms with Crippen LogP contribution in [0, 0.1) is 6.92 Å². The summed E-state index contributed by atoms with van der Waals surface area (Å²) in [5.41, 5.74) is 7.10. The van der Waals surface area contributed by atoms with Crippen molar-refractivity contribution >= 4 is 5.91 Å². The number of hydrogen-bond acceptors (Lipinski definition) is 4. The van der Waals surface area contributed by atoms with Crippen LogP contribution < -0.4 is 11.1 Å². The summed E-state index contributed by atoms with van der Waals surface area (Å²) >= 11 is 0. The molecule has 1 amide bonds. The molecule has 3 N–H and O–H groups in total. The molecule has 2 rings (SSSR count). The van der Waals surface area contributed by atoms with Crippen molar-refractivity contribution in [3.05, 3.63) is 17.5 Å². The minimum Gasteiger partial charge on any atom is -0.350 e. The topological polar surface area (TPSA) is 76.2 Å². The number of nitrogens with two attached hydrogens (primary N) is 1. The van der Waals surface area contributed by atoms with Crippen LogP contribution in [-0.4, -0.2) is 53.3 Å². The Morgan fingerprint density at radius 2 is 2.33 bits per heavy atom. The van der Waals surface area contributed by atoms with E-state index in [1.807, 2.05) is 11.6 Å². The molecule has 1 aromatic heterocycles. The molecule has 1 aliphatic rings. The Bertz CT molecular complexity index is 471. The Morgan fingerprint density at radius 3 is 3.05 bits per heavy atom. The molecular formula is C15H27N5O. The van der Waals surface area contributed by atoms with Crippen molar-refractivity contribution in [1.29, 1.82) is 0 Å². The smallest absolute Gasteiger partial charge is 0.254 e. The first kappa shape index (κ1) is 16.0. The zero-order valence-corrected chi connectivity index (χ0v) is 13.1. The number of nitrogens with zero attached hydrogens (tertiary/aromatic N) is 3. The van der Waals surface area contributed by atoms with Crippen LogP contribution in [0.1, 0.15) is 41.7 Å². The highest BCUT2D eigenvalue weighted by Gasteiger charge is 2.20. The fourth-order valence-corrected chi connectivity index (χ4v) is 2.84. The van der Waals surface area contributed by atoms with E-state index >= 15 is 0 Å². The van der Waals surface area contributed by atoms with E-state index in [1.54, 1.807) is 6.20 Å². The molecule has 6 heteroatoms. The number of aryl methyl sites for hydroxylation is 1. The molecule has 0 saturated carbocycles. The SMILES string of the molecule is Cc1c(C(=O)NCC2CCCCN2C)cnn1CCCN. The van der Waals surface area contributed by atoms with E-state index in [4.69, 9.17) is 5.73 Å². The molecule has 0 aromatic carbocycles. The van der Waals surface area contributed by atoms with E-state index in [2.05, 4.69) is 22.4 Å². The summed E-state index contributed by atoms with van der Waals surface area (Å²) in [7, 11) is 2.13. The normalized spacial score (nSPS) is 19.7. The summed E-state index contributed by atoms with van der Waals surface area (Å²) in [6.45, 7) is 5.17. The van der Waals surface area contributed by atoms with Crippen molar-refractivity contribution in [2.24, 2.45) is 5.73 Å². The van der Waals surface area contributed by atoms with Gasteiger partial charge in [0.15, 0.2) is 0 Å².